The highest BCUT2D eigenvalue weighted by Crippen LogP contribution is 2.24. The Hall–Kier alpha value is -1.69. The third-order valence-electron chi connectivity index (χ3n) is 4.02. The van der Waals surface area contributed by atoms with Crippen LogP contribution in [0.15, 0.2) is 22.7 Å². The van der Waals surface area contributed by atoms with Crippen LogP contribution >= 0.6 is 0 Å². The van der Waals surface area contributed by atoms with Gasteiger partial charge in [0.2, 0.25) is 11.7 Å². The standard InChI is InChI=1S/C15H18N2O3S/c1-10-3-4-13(7-11(10)2)15-16-14(20-17-15)8-12-5-6-21(18,19)9-12/h3-4,7,12H,5-6,8-9H2,1-2H3. The van der Waals surface area contributed by atoms with E-state index in [0.717, 1.165) is 5.56 Å². The first-order valence-corrected chi connectivity index (χ1v) is 8.86. The van der Waals surface area contributed by atoms with E-state index in [1.165, 1.54) is 11.1 Å². The van der Waals surface area contributed by atoms with E-state index in [1.54, 1.807) is 0 Å². The summed E-state index contributed by atoms with van der Waals surface area (Å²) >= 11 is 0. The van der Waals surface area contributed by atoms with Crippen LogP contribution in [0.3, 0.4) is 0 Å². The van der Waals surface area contributed by atoms with Crippen molar-refractivity contribution >= 4 is 9.84 Å². The van der Waals surface area contributed by atoms with Gasteiger partial charge in [-0.3, -0.25) is 0 Å². The Morgan fingerprint density at radius 3 is 2.76 bits per heavy atom. The van der Waals surface area contributed by atoms with Gasteiger partial charge in [-0.15, -0.1) is 0 Å². The average Bonchev–Trinajstić information content (AvgIpc) is 3.00. The Morgan fingerprint density at radius 1 is 1.29 bits per heavy atom. The number of rotatable bonds is 3. The lowest BCUT2D eigenvalue weighted by Gasteiger charge is -2.02. The molecule has 5 nitrogen and oxygen atoms in total. The smallest absolute Gasteiger partial charge is 0.227 e. The summed E-state index contributed by atoms with van der Waals surface area (Å²) in [5, 5.41) is 4.00. The molecule has 1 aromatic carbocycles. The van der Waals surface area contributed by atoms with Crippen molar-refractivity contribution in [3.8, 4) is 11.4 Å². The van der Waals surface area contributed by atoms with Gasteiger partial charge >= 0.3 is 0 Å². The normalized spacial score (nSPS) is 20.8. The maximum absolute atomic E-state index is 11.5. The number of nitrogens with zero attached hydrogens (tertiary/aromatic N) is 2. The first kappa shape index (κ1) is 14.3. The lowest BCUT2D eigenvalue weighted by Crippen LogP contribution is -2.07. The second kappa shape index (κ2) is 5.26. The molecule has 1 unspecified atom stereocenters. The lowest BCUT2D eigenvalue weighted by atomic mass is 10.1. The lowest BCUT2D eigenvalue weighted by molar-refractivity contribution is 0.359. The molecule has 0 amide bonds. The Morgan fingerprint density at radius 2 is 2.10 bits per heavy atom. The summed E-state index contributed by atoms with van der Waals surface area (Å²) in [6.45, 7) is 4.10. The van der Waals surface area contributed by atoms with Gasteiger partial charge in [-0.1, -0.05) is 17.3 Å². The largest absolute Gasteiger partial charge is 0.339 e. The molecule has 0 N–H and O–H groups in total. The molecule has 1 fully saturated rings. The van der Waals surface area contributed by atoms with Crippen LogP contribution in [0.5, 0.6) is 0 Å². The zero-order valence-corrected chi connectivity index (χ0v) is 13.0. The van der Waals surface area contributed by atoms with Crippen molar-refractivity contribution in [1.29, 1.82) is 0 Å². The molecule has 21 heavy (non-hydrogen) atoms. The molecular formula is C15H18N2O3S. The minimum Gasteiger partial charge on any atom is -0.339 e. The topological polar surface area (TPSA) is 73.1 Å². The molecule has 1 aromatic heterocycles. The number of aromatic nitrogens is 2. The highest BCUT2D eigenvalue weighted by molar-refractivity contribution is 7.91. The minimum absolute atomic E-state index is 0.100. The fourth-order valence-electron chi connectivity index (χ4n) is 2.62. The van der Waals surface area contributed by atoms with Crippen molar-refractivity contribution in [1.82, 2.24) is 10.1 Å². The van der Waals surface area contributed by atoms with Crippen LogP contribution in [-0.4, -0.2) is 30.1 Å². The summed E-state index contributed by atoms with van der Waals surface area (Å²) < 4.78 is 28.2. The van der Waals surface area contributed by atoms with E-state index in [-0.39, 0.29) is 17.4 Å². The van der Waals surface area contributed by atoms with Gasteiger partial charge in [0, 0.05) is 12.0 Å². The fourth-order valence-corrected chi connectivity index (χ4v) is 4.48. The van der Waals surface area contributed by atoms with E-state index in [0.29, 0.717) is 24.6 Å². The molecule has 2 aromatic rings. The summed E-state index contributed by atoms with van der Waals surface area (Å²) in [6.07, 6.45) is 1.22. The zero-order valence-electron chi connectivity index (χ0n) is 12.2. The van der Waals surface area contributed by atoms with E-state index < -0.39 is 9.84 Å². The maximum atomic E-state index is 11.5. The van der Waals surface area contributed by atoms with Crippen molar-refractivity contribution < 1.29 is 12.9 Å². The van der Waals surface area contributed by atoms with Gasteiger partial charge in [-0.05, 0) is 43.4 Å². The zero-order chi connectivity index (χ0) is 15.0. The van der Waals surface area contributed by atoms with Crippen LogP contribution in [0.2, 0.25) is 0 Å². The second-order valence-corrected chi connectivity index (χ2v) is 8.01. The molecule has 0 aliphatic carbocycles. The van der Waals surface area contributed by atoms with Gasteiger partial charge in [0.15, 0.2) is 9.84 Å². The van der Waals surface area contributed by atoms with Crippen molar-refractivity contribution in [2.75, 3.05) is 11.5 Å². The molecule has 1 atom stereocenters. The predicted octanol–water partition coefficient (Wildman–Crippen LogP) is 2.33. The molecule has 3 rings (SSSR count). The molecule has 112 valence electrons. The van der Waals surface area contributed by atoms with Crippen LogP contribution in [0.25, 0.3) is 11.4 Å². The molecule has 1 saturated heterocycles. The summed E-state index contributed by atoms with van der Waals surface area (Å²) in [6, 6.07) is 6.03. The van der Waals surface area contributed by atoms with Crippen LogP contribution in [-0.2, 0) is 16.3 Å². The molecule has 0 spiro atoms. The molecular weight excluding hydrogens is 288 g/mol. The third-order valence-corrected chi connectivity index (χ3v) is 5.86. The van der Waals surface area contributed by atoms with Crippen LogP contribution in [0.4, 0.5) is 0 Å². The summed E-state index contributed by atoms with van der Waals surface area (Å²) in [4.78, 5) is 4.39. The molecule has 0 saturated carbocycles. The number of sulfone groups is 1. The Balaban J connectivity index is 1.76. The van der Waals surface area contributed by atoms with Gasteiger partial charge in [0.1, 0.15) is 0 Å². The number of hydrogen-bond donors (Lipinski definition) is 0. The Labute approximate surface area is 124 Å². The van der Waals surface area contributed by atoms with E-state index in [1.807, 2.05) is 25.1 Å². The van der Waals surface area contributed by atoms with Crippen molar-refractivity contribution in [2.45, 2.75) is 26.7 Å². The summed E-state index contributed by atoms with van der Waals surface area (Å²) in [7, 11) is -2.86. The monoisotopic (exact) mass is 306 g/mol. The summed E-state index contributed by atoms with van der Waals surface area (Å²) in [5.74, 6) is 1.69. The minimum atomic E-state index is -2.86. The number of aryl methyl sites for hydroxylation is 2. The van der Waals surface area contributed by atoms with E-state index in [2.05, 4.69) is 17.1 Å². The second-order valence-electron chi connectivity index (χ2n) is 5.78. The third kappa shape index (κ3) is 3.15. The van der Waals surface area contributed by atoms with Gasteiger partial charge in [0.05, 0.1) is 11.5 Å². The maximum Gasteiger partial charge on any atom is 0.227 e. The Bertz CT molecular complexity index is 765. The van der Waals surface area contributed by atoms with Crippen LogP contribution in [0.1, 0.15) is 23.4 Å². The van der Waals surface area contributed by atoms with Crippen molar-refractivity contribution in [3.05, 3.63) is 35.2 Å². The Kier molecular flexibility index (Phi) is 3.57. The van der Waals surface area contributed by atoms with Gasteiger partial charge in [0.25, 0.3) is 0 Å². The van der Waals surface area contributed by atoms with E-state index >= 15 is 0 Å². The van der Waals surface area contributed by atoms with Gasteiger partial charge in [-0.25, -0.2) is 8.42 Å². The van der Waals surface area contributed by atoms with Gasteiger partial charge < -0.3 is 4.52 Å². The molecule has 0 bridgehead atoms. The quantitative estimate of drug-likeness (QED) is 0.870. The van der Waals surface area contributed by atoms with Gasteiger partial charge in [-0.2, -0.15) is 4.98 Å². The first-order valence-electron chi connectivity index (χ1n) is 7.03. The van der Waals surface area contributed by atoms with Crippen LogP contribution in [0, 0.1) is 19.8 Å². The van der Waals surface area contributed by atoms with E-state index in [4.69, 9.17) is 4.52 Å². The fraction of sp³-hybridized carbons (Fsp3) is 0.467. The average molecular weight is 306 g/mol. The molecule has 2 heterocycles. The molecule has 1 aliphatic rings. The predicted molar refractivity (Wildman–Crippen MR) is 79.7 cm³/mol. The number of benzene rings is 1. The highest BCUT2D eigenvalue weighted by Gasteiger charge is 2.29. The molecule has 0 radical (unpaired) electrons. The van der Waals surface area contributed by atoms with Crippen molar-refractivity contribution in [3.63, 3.8) is 0 Å². The van der Waals surface area contributed by atoms with Crippen molar-refractivity contribution in [2.24, 2.45) is 5.92 Å². The molecule has 1 aliphatic heterocycles. The van der Waals surface area contributed by atoms with Crippen LogP contribution < -0.4 is 0 Å². The number of hydrogen-bond acceptors (Lipinski definition) is 5. The molecule has 6 heteroatoms. The highest BCUT2D eigenvalue weighted by atomic mass is 32.2. The SMILES string of the molecule is Cc1ccc(-c2noc(CC3CCS(=O)(=O)C3)n2)cc1C. The first-order chi connectivity index (χ1) is 9.93. The summed E-state index contributed by atoms with van der Waals surface area (Å²) in [5.41, 5.74) is 3.33. The van der Waals surface area contributed by atoms with E-state index in [9.17, 15) is 8.42 Å².